The first-order valence-electron chi connectivity index (χ1n) is 7.46. The van der Waals surface area contributed by atoms with E-state index in [1.54, 1.807) is 18.2 Å². The molecule has 9 heteroatoms. The highest BCUT2D eigenvalue weighted by molar-refractivity contribution is 6.02. The van der Waals surface area contributed by atoms with Gasteiger partial charge in [0.1, 0.15) is 6.04 Å². The fourth-order valence-corrected chi connectivity index (χ4v) is 2.12. The Morgan fingerprint density at radius 1 is 1.25 bits per heavy atom. The van der Waals surface area contributed by atoms with Gasteiger partial charge in [0.15, 0.2) is 11.5 Å². The van der Waals surface area contributed by atoms with Gasteiger partial charge in [-0.2, -0.15) is 0 Å². The zero-order valence-electron chi connectivity index (χ0n) is 13.1. The molecule has 0 saturated heterocycles. The van der Waals surface area contributed by atoms with E-state index >= 15 is 0 Å². The lowest BCUT2D eigenvalue weighted by Gasteiger charge is -2.13. The highest BCUT2D eigenvalue weighted by Gasteiger charge is 2.18. The molecular weight excluding hydrogens is 318 g/mol. The number of urea groups is 1. The zero-order chi connectivity index (χ0) is 17.5. The minimum atomic E-state index is -1.03. The number of ether oxygens (including phenoxy) is 2. The van der Waals surface area contributed by atoms with Crippen molar-refractivity contribution in [2.24, 2.45) is 0 Å². The van der Waals surface area contributed by atoms with E-state index in [9.17, 15) is 14.4 Å². The summed E-state index contributed by atoms with van der Waals surface area (Å²) < 4.78 is 10.3. The number of carboxylic acids is 1. The van der Waals surface area contributed by atoms with Gasteiger partial charge in [-0.1, -0.05) is 13.3 Å². The van der Waals surface area contributed by atoms with Crippen molar-refractivity contribution in [2.45, 2.75) is 25.8 Å². The Balaban J connectivity index is 1.79. The molecule has 130 valence electrons. The second kappa shape index (κ2) is 8.16. The van der Waals surface area contributed by atoms with Crippen LogP contribution in [0.5, 0.6) is 11.5 Å². The highest BCUT2D eigenvalue weighted by atomic mass is 16.7. The topological polar surface area (TPSA) is 126 Å². The minimum absolute atomic E-state index is 0.123. The number of hydrogen-bond acceptors (Lipinski definition) is 6. The molecule has 9 nitrogen and oxygen atoms in total. The number of aliphatic carboxylic acids is 1. The predicted molar refractivity (Wildman–Crippen MR) is 84.1 cm³/mol. The second-order valence-corrected chi connectivity index (χ2v) is 5.13. The Hall–Kier alpha value is -2.81. The number of rotatable bonds is 7. The predicted octanol–water partition coefficient (Wildman–Crippen LogP) is 0.906. The van der Waals surface area contributed by atoms with Crippen LogP contribution in [0.15, 0.2) is 18.2 Å². The fraction of sp³-hybridized carbons (Fsp3) is 0.400. The molecule has 0 aliphatic carbocycles. The lowest BCUT2D eigenvalue weighted by Crippen LogP contribution is -2.45. The Labute approximate surface area is 138 Å². The zero-order valence-corrected chi connectivity index (χ0v) is 13.1. The normalized spacial score (nSPS) is 13.2. The Bertz CT molecular complexity index is 634. The molecule has 2 rings (SSSR count). The first-order chi connectivity index (χ1) is 11.5. The molecule has 1 atom stereocenters. The van der Waals surface area contributed by atoms with E-state index in [2.05, 4.69) is 16.0 Å². The van der Waals surface area contributed by atoms with Crippen LogP contribution in [0.1, 0.15) is 19.8 Å². The van der Waals surface area contributed by atoms with E-state index in [4.69, 9.17) is 14.6 Å². The quantitative estimate of drug-likeness (QED) is 0.582. The van der Waals surface area contributed by atoms with E-state index in [0.717, 1.165) is 0 Å². The van der Waals surface area contributed by atoms with Crippen molar-refractivity contribution in [3.63, 3.8) is 0 Å². The molecule has 0 saturated carbocycles. The molecule has 0 fully saturated rings. The van der Waals surface area contributed by atoms with E-state index in [1.807, 2.05) is 6.92 Å². The molecule has 0 spiro atoms. The lowest BCUT2D eigenvalue weighted by molar-refractivity contribution is -0.139. The molecule has 1 aromatic rings. The summed E-state index contributed by atoms with van der Waals surface area (Å²) in [5.41, 5.74) is 0.437. The maximum atomic E-state index is 11.8. The Morgan fingerprint density at radius 2 is 2.00 bits per heavy atom. The summed E-state index contributed by atoms with van der Waals surface area (Å²) in [5, 5.41) is 16.2. The van der Waals surface area contributed by atoms with Crippen molar-refractivity contribution in [1.82, 2.24) is 10.6 Å². The van der Waals surface area contributed by atoms with Gasteiger partial charge in [0.25, 0.3) is 0 Å². The Kier molecular flexibility index (Phi) is 5.96. The van der Waals surface area contributed by atoms with Gasteiger partial charge in [0, 0.05) is 11.8 Å². The Morgan fingerprint density at radius 3 is 2.71 bits per heavy atom. The van der Waals surface area contributed by atoms with Crippen molar-refractivity contribution in [1.29, 1.82) is 0 Å². The first kappa shape index (κ1) is 17.5. The van der Waals surface area contributed by atoms with Crippen molar-refractivity contribution in [3.8, 4) is 11.5 Å². The van der Waals surface area contributed by atoms with Crippen LogP contribution in [0.4, 0.5) is 10.5 Å². The van der Waals surface area contributed by atoms with Gasteiger partial charge in [0.05, 0.1) is 6.54 Å². The molecule has 4 N–H and O–H groups in total. The van der Waals surface area contributed by atoms with Gasteiger partial charge in [-0.05, 0) is 18.6 Å². The summed E-state index contributed by atoms with van der Waals surface area (Å²) in [6, 6.07) is 3.29. The molecule has 3 amide bonds. The molecule has 1 aliphatic heterocycles. The van der Waals surface area contributed by atoms with Crippen LogP contribution in [-0.4, -0.2) is 42.4 Å². The second-order valence-electron chi connectivity index (χ2n) is 5.13. The van der Waals surface area contributed by atoms with Crippen LogP contribution in [0.3, 0.4) is 0 Å². The number of carbonyl (C=O) groups excluding carboxylic acids is 2. The van der Waals surface area contributed by atoms with Crippen LogP contribution in [0, 0.1) is 0 Å². The minimum Gasteiger partial charge on any atom is -0.480 e. The molecule has 0 bridgehead atoms. The third kappa shape index (κ3) is 4.85. The maximum absolute atomic E-state index is 11.8. The van der Waals surface area contributed by atoms with E-state index in [0.29, 0.717) is 30.0 Å². The molecule has 1 aliphatic rings. The summed E-state index contributed by atoms with van der Waals surface area (Å²) >= 11 is 0. The number of imide groups is 1. The van der Waals surface area contributed by atoms with Crippen LogP contribution in [0.25, 0.3) is 0 Å². The lowest BCUT2D eigenvalue weighted by atomic mass is 10.2. The molecular formula is C15H19N3O6. The van der Waals surface area contributed by atoms with Gasteiger partial charge < -0.3 is 19.9 Å². The van der Waals surface area contributed by atoms with Crippen molar-refractivity contribution in [2.75, 3.05) is 18.7 Å². The fourth-order valence-electron chi connectivity index (χ4n) is 2.12. The summed E-state index contributed by atoms with van der Waals surface area (Å²) in [6.45, 7) is 1.69. The molecule has 1 aromatic carbocycles. The summed E-state index contributed by atoms with van der Waals surface area (Å²) in [4.78, 5) is 34.4. The number of hydrogen-bond donors (Lipinski definition) is 4. The van der Waals surface area contributed by atoms with Gasteiger partial charge in [-0.25, -0.2) is 4.79 Å². The summed E-state index contributed by atoms with van der Waals surface area (Å²) in [6.07, 6.45) is 1.06. The van der Waals surface area contributed by atoms with Crippen molar-refractivity contribution < 1.29 is 29.0 Å². The molecule has 1 unspecified atom stereocenters. The molecule has 0 aromatic heterocycles. The molecule has 24 heavy (non-hydrogen) atoms. The third-order valence-corrected chi connectivity index (χ3v) is 3.27. The van der Waals surface area contributed by atoms with Crippen molar-refractivity contribution in [3.05, 3.63) is 18.2 Å². The smallest absolute Gasteiger partial charge is 0.325 e. The standard InChI is InChI=1S/C15H19N3O6/c1-2-3-10(14(20)21)16-7-13(19)18-15(22)17-9-4-5-11-12(6-9)24-8-23-11/h4-6,10,16H,2-3,7-8H2,1H3,(H,20,21)(H2,17,18,19,22). The van der Waals surface area contributed by atoms with Gasteiger partial charge >= 0.3 is 12.0 Å². The highest BCUT2D eigenvalue weighted by Crippen LogP contribution is 2.34. The summed E-state index contributed by atoms with van der Waals surface area (Å²) in [7, 11) is 0. The number of nitrogens with one attached hydrogen (secondary N) is 3. The van der Waals surface area contributed by atoms with E-state index < -0.39 is 23.9 Å². The van der Waals surface area contributed by atoms with Crippen LogP contribution in [0.2, 0.25) is 0 Å². The van der Waals surface area contributed by atoms with Gasteiger partial charge in [-0.15, -0.1) is 0 Å². The van der Waals surface area contributed by atoms with Gasteiger partial charge in [0.2, 0.25) is 12.7 Å². The molecule has 1 heterocycles. The largest absolute Gasteiger partial charge is 0.480 e. The van der Waals surface area contributed by atoms with E-state index in [-0.39, 0.29) is 13.3 Å². The van der Waals surface area contributed by atoms with Crippen LogP contribution < -0.4 is 25.4 Å². The number of benzene rings is 1. The van der Waals surface area contributed by atoms with Crippen LogP contribution >= 0.6 is 0 Å². The number of carboxylic acid groups (broad SMARTS) is 1. The number of anilines is 1. The first-order valence-corrected chi connectivity index (χ1v) is 7.46. The monoisotopic (exact) mass is 337 g/mol. The van der Waals surface area contributed by atoms with Crippen LogP contribution in [-0.2, 0) is 9.59 Å². The maximum Gasteiger partial charge on any atom is 0.325 e. The SMILES string of the molecule is CCCC(NCC(=O)NC(=O)Nc1ccc2c(c1)OCO2)C(=O)O. The number of fused-ring (bicyclic) bond motifs is 1. The van der Waals surface area contributed by atoms with Crippen molar-refractivity contribution >= 4 is 23.6 Å². The summed E-state index contributed by atoms with van der Waals surface area (Å²) in [5.74, 6) is -0.577. The molecule has 0 radical (unpaired) electrons. The number of amides is 3. The van der Waals surface area contributed by atoms with E-state index in [1.165, 1.54) is 0 Å². The average molecular weight is 337 g/mol. The average Bonchev–Trinajstić information content (AvgIpc) is 2.98. The number of carbonyl (C=O) groups is 3. The third-order valence-electron chi connectivity index (χ3n) is 3.27. The van der Waals surface area contributed by atoms with Gasteiger partial charge in [-0.3, -0.25) is 20.2 Å².